The Balaban J connectivity index is 1.48. The Morgan fingerprint density at radius 2 is 1.73 bits per heavy atom. The standard InChI is InChI=1S/C24H17F3N2O4/c25-24(26,27)19-12-17(28-23(31)16-10-11-32-13-16)8-9-20(19)29-22(30)14-33-21-7-3-5-15-4-1-2-6-18(15)21/h1-13H,14H2,(H,28,31)(H,29,30). The van der Waals surface area contributed by atoms with Gasteiger partial charge < -0.3 is 19.8 Å². The second-order valence-electron chi connectivity index (χ2n) is 7.04. The lowest BCUT2D eigenvalue weighted by molar-refractivity contribution is -0.137. The average molecular weight is 454 g/mol. The highest BCUT2D eigenvalue weighted by atomic mass is 19.4. The second kappa shape index (κ2) is 9.07. The Hall–Kier alpha value is -4.27. The Labute approximate surface area is 186 Å². The average Bonchev–Trinajstić information content (AvgIpc) is 3.33. The highest BCUT2D eigenvalue weighted by Crippen LogP contribution is 2.37. The molecule has 2 amide bonds. The molecule has 2 N–H and O–H groups in total. The summed E-state index contributed by atoms with van der Waals surface area (Å²) in [5, 5.41) is 6.28. The fourth-order valence-corrected chi connectivity index (χ4v) is 3.21. The van der Waals surface area contributed by atoms with Crippen LogP contribution in [-0.2, 0) is 11.0 Å². The van der Waals surface area contributed by atoms with Gasteiger partial charge in [0, 0.05) is 11.1 Å². The summed E-state index contributed by atoms with van der Waals surface area (Å²) >= 11 is 0. The van der Waals surface area contributed by atoms with Crippen molar-refractivity contribution in [3.05, 3.63) is 90.4 Å². The van der Waals surface area contributed by atoms with Crippen molar-refractivity contribution in [1.29, 1.82) is 0 Å². The third kappa shape index (κ3) is 5.15. The van der Waals surface area contributed by atoms with E-state index in [9.17, 15) is 22.8 Å². The zero-order valence-electron chi connectivity index (χ0n) is 17.0. The number of amides is 2. The minimum absolute atomic E-state index is 0.0847. The summed E-state index contributed by atoms with van der Waals surface area (Å²) < 4.78 is 51.1. The molecule has 9 heteroatoms. The molecule has 0 fully saturated rings. The molecule has 3 aromatic carbocycles. The van der Waals surface area contributed by atoms with Crippen LogP contribution in [-0.4, -0.2) is 18.4 Å². The van der Waals surface area contributed by atoms with Gasteiger partial charge in [-0.2, -0.15) is 13.2 Å². The molecule has 168 valence electrons. The molecule has 0 aliphatic heterocycles. The van der Waals surface area contributed by atoms with E-state index in [1.807, 2.05) is 30.3 Å². The molecular formula is C24H17F3N2O4. The number of anilines is 2. The first-order chi connectivity index (χ1) is 15.8. The largest absolute Gasteiger partial charge is 0.483 e. The molecular weight excluding hydrogens is 437 g/mol. The van der Waals surface area contributed by atoms with E-state index in [2.05, 4.69) is 10.6 Å². The van der Waals surface area contributed by atoms with E-state index < -0.39 is 35.8 Å². The minimum atomic E-state index is -4.77. The molecule has 6 nitrogen and oxygen atoms in total. The van der Waals surface area contributed by atoms with Crippen molar-refractivity contribution in [2.24, 2.45) is 0 Å². The number of benzene rings is 3. The van der Waals surface area contributed by atoms with E-state index in [1.54, 1.807) is 12.1 Å². The lowest BCUT2D eigenvalue weighted by Crippen LogP contribution is -2.22. The molecule has 4 aromatic rings. The van der Waals surface area contributed by atoms with Crippen LogP contribution in [0.15, 0.2) is 83.7 Å². The molecule has 0 atom stereocenters. The van der Waals surface area contributed by atoms with E-state index in [0.29, 0.717) is 5.75 Å². The molecule has 1 aromatic heterocycles. The number of hydrogen-bond acceptors (Lipinski definition) is 4. The van der Waals surface area contributed by atoms with Crippen LogP contribution in [0.3, 0.4) is 0 Å². The maximum absolute atomic E-state index is 13.6. The van der Waals surface area contributed by atoms with Gasteiger partial charge in [-0.05, 0) is 35.7 Å². The predicted octanol–water partition coefficient (Wildman–Crippen LogP) is 5.72. The highest BCUT2D eigenvalue weighted by Gasteiger charge is 2.34. The van der Waals surface area contributed by atoms with Crippen molar-refractivity contribution in [1.82, 2.24) is 0 Å². The van der Waals surface area contributed by atoms with Crippen molar-refractivity contribution in [2.45, 2.75) is 6.18 Å². The van der Waals surface area contributed by atoms with Crippen LogP contribution in [0.25, 0.3) is 10.8 Å². The number of halogens is 3. The Bertz CT molecular complexity index is 1300. The predicted molar refractivity (Wildman–Crippen MR) is 116 cm³/mol. The van der Waals surface area contributed by atoms with Crippen molar-refractivity contribution >= 4 is 34.0 Å². The van der Waals surface area contributed by atoms with Crippen LogP contribution in [0.2, 0.25) is 0 Å². The van der Waals surface area contributed by atoms with Gasteiger partial charge in [-0.15, -0.1) is 0 Å². The van der Waals surface area contributed by atoms with Gasteiger partial charge in [-0.25, -0.2) is 0 Å². The molecule has 0 aliphatic rings. The Kier molecular flexibility index (Phi) is 6.03. The number of rotatable bonds is 6. The fourth-order valence-electron chi connectivity index (χ4n) is 3.21. The molecule has 0 bridgehead atoms. The number of alkyl halides is 3. The van der Waals surface area contributed by atoms with E-state index in [-0.39, 0.29) is 11.3 Å². The van der Waals surface area contributed by atoms with E-state index in [4.69, 9.17) is 9.15 Å². The van der Waals surface area contributed by atoms with Crippen LogP contribution < -0.4 is 15.4 Å². The minimum Gasteiger partial charge on any atom is -0.483 e. The van der Waals surface area contributed by atoms with E-state index >= 15 is 0 Å². The molecule has 33 heavy (non-hydrogen) atoms. The van der Waals surface area contributed by atoms with E-state index in [1.165, 1.54) is 24.7 Å². The molecule has 4 rings (SSSR count). The van der Waals surface area contributed by atoms with Gasteiger partial charge in [0.15, 0.2) is 6.61 Å². The maximum Gasteiger partial charge on any atom is 0.418 e. The third-order valence-electron chi connectivity index (χ3n) is 4.75. The van der Waals surface area contributed by atoms with Gasteiger partial charge in [-0.1, -0.05) is 36.4 Å². The van der Waals surface area contributed by atoms with Gasteiger partial charge in [0.05, 0.1) is 23.1 Å². The quantitative estimate of drug-likeness (QED) is 0.390. The third-order valence-corrected chi connectivity index (χ3v) is 4.75. The number of furan rings is 1. The van der Waals surface area contributed by atoms with Crippen molar-refractivity contribution < 1.29 is 31.9 Å². The number of nitrogens with one attached hydrogen (secondary N) is 2. The smallest absolute Gasteiger partial charge is 0.418 e. The van der Waals surface area contributed by atoms with Crippen molar-refractivity contribution in [3.63, 3.8) is 0 Å². The molecule has 0 saturated carbocycles. The van der Waals surface area contributed by atoms with Crippen LogP contribution in [0.4, 0.5) is 24.5 Å². The van der Waals surface area contributed by atoms with Crippen LogP contribution >= 0.6 is 0 Å². The highest BCUT2D eigenvalue weighted by molar-refractivity contribution is 6.04. The first-order valence-electron chi connectivity index (χ1n) is 9.76. The molecule has 0 aliphatic carbocycles. The first-order valence-corrected chi connectivity index (χ1v) is 9.76. The summed E-state index contributed by atoms with van der Waals surface area (Å²) in [5.74, 6) is -0.947. The molecule has 0 spiro atoms. The van der Waals surface area contributed by atoms with Crippen LogP contribution in [0.5, 0.6) is 5.75 Å². The normalized spacial score (nSPS) is 11.2. The summed E-state index contributed by atoms with van der Waals surface area (Å²) in [4.78, 5) is 24.4. The number of fused-ring (bicyclic) bond motifs is 1. The molecule has 1 heterocycles. The lowest BCUT2D eigenvalue weighted by Gasteiger charge is -2.16. The number of carbonyl (C=O) groups excluding carboxylic acids is 2. The second-order valence-corrected chi connectivity index (χ2v) is 7.04. The van der Waals surface area contributed by atoms with Gasteiger partial charge in [0.1, 0.15) is 12.0 Å². The number of carbonyl (C=O) groups is 2. The molecule has 0 radical (unpaired) electrons. The van der Waals surface area contributed by atoms with E-state index in [0.717, 1.165) is 22.9 Å². The topological polar surface area (TPSA) is 80.6 Å². The van der Waals surface area contributed by atoms with Gasteiger partial charge in [-0.3, -0.25) is 9.59 Å². The zero-order valence-corrected chi connectivity index (χ0v) is 17.0. The Morgan fingerprint density at radius 1 is 0.939 bits per heavy atom. The molecule has 0 saturated heterocycles. The first kappa shape index (κ1) is 21.9. The molecule has 0 unspecified atom stereocenters. The summed E-state index contributed by atoms with van der Waals surface area (Å²) in [6.07, 6.45) is -2.32. The summed E-state index contributed by atoms with van der Waals surface area (Å²) in [6.45, 7) is -0.482. The monoisotopic (exact) mass is 454 g/mol. The SMILES string of the molecule is O=C(COc1cccc2ccccc12)Nc1ccc(NC(=O)c2ccoc2)cc1C(F)(F)F. The summed E-state index contributed by atoms with van der Waals surface area (Å²) in [5.41, 5.74) is -1.48. The van der Waals surface area contributed by atoms with Gasteiger partial charge in [0.25, 0.3) is 11.8 Å². The maximum atomic E-state index is 13.6. The van der Waals surface area contributed by atoms with Gasteiger partial charge in [0.2, 0.25) is 0 Å². The van der Waals surface area contributed by atoms with Gasteiger partial charge >= 0.3 is 6.18 Å². The Morgan fingerprint density at radius 3 is 2.48 bits per heavy atom. The number of hydrogen-bond donors (Lipinski definition) is 2. The van der Waals surface area contributed by atoms with Crippen molar-refractivity contribution in [3.8, 4) is 5.75 Å². The summed E-state index contributed by atoms with van der Waals surface area (Å²) in [7, 11) is 0. The van der Waals surface area contributed by atoms with Crippen molar-refractivity contribution in [2.75, 3.05) is 17.2 Å². The zero-order chi connectivity index (χ0) is 23.4. The lowest BCUT2D eigenvalue weighted by atomic mass is 10.1. The number of ether oxygens (including phenoxy) is 1. The fraction of sp³-hybridized carbons (Fsp3) is 0.0833. The van der Waals surface area contributed by atoms with Crippen LogP contribution in [0, 0.1) is 0 Å². The van der Waals surface area contributed by atoms with Crippen LogP contribution in [0.1, 0.15) is 15.9 Å². The summed E-state index contributed by atoms with van der Waals surface area (Å²) in [6, 6.07) is 17.1.